The molecule has 0 fully saturated rings. The molecule has 1 aromatic rings. The van der Waals surface area contributed by atoms with Gasteiger partial charge >= 0.3 is 0 Å². The van der Waals surface area contributed by atoms with Gasteiger partial charge in [-0.1, -0.05) is 23.7 Å². The van der Waals surface area contributed by atoms with E-state index in [1.165, 1.54) is 5.56 Å². The summed E-state index contributed by atoms with van der Waals surface area (Å²) in [5, 5.41) is 12.7. The summed E-state index contributed by atoms with van der Waals surface area (Å²) in [4.78, 5) is 0. The molecule has 0 bridgehead atoms. The van der Waals surface area contributed by atoms with Gasteiger partial charge in [0.15, 0.2) is 0 Å². The fourth-order valence-electron chi connectivity index (χ4n) is 1.48. The number of aliphatic hydroxyl groups is 1. The van der Waals surface area contributed by atoms with E-state index in [9.17, 15) is 0 Å². The third kappa shape index (κ3) is 4.10. The summed E-state index contributed by atoms with van der Waals surface area (Å²) in [6.45, 7) is 3.23. The number of para-hydroxylation sites is 1. The molecule has 0 aliphatic rings. The van der Waals surface area contributed by atoms with Gasteiger partial charge in [0.05, 0.1) is 10.7 Å². The average Bonchev–Trinajstić information content (AvgIpc) is 2.21. The predicted octanol–water partition coefficient (Wildman–Crippen LogP) is 3.22. The van der Waals surface area contributed by atoms with Crippen molar-refractivity contribution in [1.29, 1.82) is 0 Å². The Bertz CT molecular complexity index is 281. The topological polar surface area (TPSA) is 32.3 Å². The van der Waals surface area contributed by atoms with Gasteiger partial charge in [-0.2, -0.15) is 0 Å². The van der Waals surface area contributed by atoms with Gasteiger partial charge in [0.25, 0.3) is 0 Å². The molecule has 0 spiro atoms. The molecule has 0 amide bonds. The van der Waals surface area contributed by atoms with Crippen molar-refractivity contribution in [3.8, 4) is 0 Å². The van der Waals surface area contributed by atoms with Crippen LogP contribution in [-0.2, 0) is 0 Å². The number of hydrogen-bond donors (Lipinski definition) is 2. The largest absolute Gasteiger partial charge is 0.396 e. The molecule has 0 atom stereocenters. The van der Waals surface area contributed by atoms with Crippen LogP contribution in [0, 0.1) is 6.92 Å². The molecule has 0 saturated carbocycles. The van der Waals surface area contributed by atoms with Crippen molar-refractivity contribution < 1.29 is 5.11 Å². The Labute approximate surface area is 96.3 Å². The number of rotatable bonds is 6. The Balaban J connectivity index is 2.37. The van der Waals surface area contributed by atoms with Crippen LogP contribution in [0.25, 0.3) is 0 Å². The van der Waals surface area contributed by atoms with E-state index in [4.69, 9.17) is 16.7 Å². The number of nitrogens with one attached hydrogen (secondary N) is 1. The minimum Gasteiger partial charge on any atom is -0.396 e. The molecule has 0 aromatic heterocycles. The molecule has 15 heavy (non-hydrogen) atoms. The lowest BCUT2D eigenvalue weighted by molar-refractivity contribution is 0.283. The maximum absolute atomic E-state index is 8.63. The molecule has 3 heteroatoms. The van der Waals surface area contributed by atoms with Gasteiger partial charge in [-0.15, -0.1) is 0 Å². The lowest BCUT2D eigenvalue weighted by Crippen LogP contribution is -2.03. The molecule has 1 aromatic carbocycles. The van der Waals surface area contributed by atoms with E-state index in [1.807, 2.05) is 25.1 Å². The van der Waals surface area contributed by atoms with Gasteiger partial charge in [-0.05, 0) is 37.8 Å². The monoisotopic (exact) mass is 227 g/mol. The summed E-state index contributed by atoms with van der Waals surface area (Å²) in [5.74, 6) is 0. The second kappa shape index (κ2) is 6.70. The SMILES string of the molecule is Cc1cccc(Cl)c1NCCCCCO. The smallest absolute Gasteiger partial charge is 0.0640 e. The van der Waals surface area contributed by atoms with Crippen LogP contribution in [0.2, 0.25) is 5.02 Å². The second-order valence-corrected chi connectivity index (χ2v) is 4.05. The summed E-state index contributed by atoms with van der Waals surface area (Å²) in [6.07, 6.45) is 2.99. The number of hydrogen-bond acceptors (Lipinski definition) is 2. The first-order valence-electron chi connectivity index (χ1n) is 5.35. The zero-order valence-corrected chi connectivity index (χ0v) is 9.85. The molecule has 0 saturated heterocycles. The minimum atomic E-state index is 0.283. The molecule has 0 heterocycles. The van der Waals surface area contributed by atoms with Crippen LogP contribution in [-0.4, -0.2) is 18.3 Å². The van der Waals surface area contributed by atoms with Crippen molar-refractivity contribution >= 4 is 17.3 Å². The van der Waals surface area contributed by atoms with E-state index in [0.29, 0.717) is 0 Å². The summed E-state index contributed by atoms with van der Waals surface area (Å²) in [7, 11) is 0. The van der Waals surface area contributed by atoms with Crippen LogP contribution >= 0.6 is 11.6 Å². The Morgan fingerprint density at radius 1 is 1.27 bits per heavy atom. The van der Waals surface area contributed by atoms with E-state index in [2.05, 4.69) is 5.32 Å². The first-order valence-corrected chi connectivity index (χ1v) is 5.73. The van der Waals surface area contributed by atoms with Crippen LogP contribution in [0.4, 0.5) is 5.69 Å². The second-order valence-electron chi connectivity index (χ2n) is 3.64. The van der Waals surface area contributed by atoms with Gasteiger partial charge in [0.1, 0.15) is 0 Å². The van der Waals surface area contributed by atoms with Gasteiger partial charge in [-0.3, -0.25) is 0 Å². The summed E-state index contributed by atoms with van der Waals surface area (Å²) < 4.78 is 0. The minimum absolute atomic E-state index is 0.283. The summed E-state index contributed by atoms with van der Waals surface area (Å²) in [6, 6.07) is 5.89. The highest BCUT2D eigenvalue weighted by Crippen LogP contribution is 2.24. The van der Waals surface area contributed by atoms with Gasteiger partial charge in [0, 0.05) is 13.2 Å². The van der Waals surface area contributed by atoms with Crippen LogP contribution in [0.5, 0.6) is 0 Å². The molecule has 2 N–H and O–H groups in total. The first-order chi connectivity index (χ1) is 7.25. The lowest BCUT2D eigenvalue weighted by Gasteiger charge is -2.10. The van der Waals surface area contributed by atoms with Gasteiger partial charge in [0.2, 0.25) is 0 Å². The molecule has 0 aliphatic heterocycles. The van der Waals surface area contributed by atoms with Crippen molar-refractivity contribution in [1.82, 2.24) is 0 Å². The predicted molar refractivity (Wildman–Crippen MR) is 65.6 cm³/mol. The van der Waals surface area contributed by atoms with Crippen molar-refractivity contribution in [2.45, 2.75) is 26.2 Å². The number of aryl methyl sites for hydroxylation is 1. The highest BCUT2D eigenvalue weighted by Gasteiger charge is 2.01. The molecule has 0 aliphatic carbocycles. The third-order valence-electron chi connectivity index (χ3n) is 2.36. The highest BCUT2D eigenvalue weighted by molar-refractivity contribution is 6.33. The zero-order chi connectivity index (χ0) is 11.1. The summed E-state index contributed by atoms with van der Waals surface area (Å²) in [5.41, 5.74) is 2.20. The van der Waals surface area contributed by atoms with E-state index in [1.54, 1.807) is 0 Å². The van der Waals surface area contributed by atoms with Crippen molar-refractivity contribution in [3.63, 3.8) is 0 Å². The highest BCUT2D eigenvalue weighted by atomic mass is 35.5. The lowest BCUT2D eigenvalue weighted by atomic mass is 10.2. The van der Waals surface area contributed by atoms with Crippen molar-refractivity contribution in [2.75, 3.05) is 18.5 Å². The van der Waals surface area contributed by atoms with Crippen LogP contribution in [0.1, 0.15) is 24.8 Å². The number of benzene rings is 1. The van der Waals surface area contributed by atoms with E-state index < -0.39 is 0 Å². The van der Waals surface area contributed by atoms with Crippen LogP contribution in [0.3, 0.4) is 0 Å². The quantitative estimate of drug-likeness (QED) is 0.732. The van der Waals surface area contributed by atoms with Gasteiger partial charge < -0.3 is 10.4 Å². The number of anilines is 1. The van der Waals surface area contributed by atoms with Crippen LogP contribution < -0.4 is 5.32 Å². The normalized spacial score (nSPS) is 10.3. The number of halogens is 1. The van der Waals surface area contributed by atoms with Crippen molar-refractivity contribution in [3.05, 3.63) is 28.8 Å². The first kappa shape index (κ1) is 12.3. The average molecular weight is 228 g/mol. The Morgan fingerprint density at radius 3 is 2.73 bits per heavy atom. The number of unbranched alkanes of at least 4 members (excludes halogenated alkanes) is 2. The molecule has 84 valence electrons. The molecule has 1 rings (SSSR count). The maximum atomic E-state index is 8.63. The third-order valence-corrected chi connectivity index (χ3v) is 2.67. The van der Waals surface area contributed by atoms with Crippen molar-refractivity contribution in [2.24, 2.45) is 0 Å². The summed E-state index contributed by atoms with van der Waals surface area (Å²) >= 11 is 6.07. The Morgan fingerprint density at radius 2 is 2.07 bits per heavy atom. The van der Waals surface area contributed by atoms with Gasteiger partial charge in [-0.25, -0.2) is 0 Å². The Hall–Kier alpha value is -0.730. The maximum Gasteiger partial charge on any atom is 0.0640 e. The zero-order valence-electron chi connectivity index (χ0n) is 9.09. The molecule has 0 radical (unpaired) electrons. The number of aliphatic hydroxyl groups excluding tert-OH is 1. The standard InChI is InChI=1S/C12H18ClNO/c1-10-6-5-7-11(13)12(10)14-8-3-2-4-9-15/h5-7,14-15H,2-4,8-9H2,1H3. The Kier molecular flexibility index (Phi) is 5.51. The fraction of sp³-hybridized carbons (Fsp3) is 0.500. The molecular formula is C12H18ClNO. The molecular weight excluding hydrogens is 210 g/mol. The van der Waals surface area contributed by atoms with Crippen LogP contribution in [0.15, 0.2) is 18.2 Å². The fourth-order valence-corrected chi connectivity index (χ4v) is 1.77. The van der Waals surface area contributed by atoms with E-state index >= 15 is 0 Å². The van der Waals surface area contributed by atoms with E-state index in [0.717, 1.165) is 36.5 Å². The molecule has 0 unspecified atom stereocenters. The van der Waals surface area contributed by atoms with E-state index in [-0.39, 0.29) is 6.61 Å². The molecule has 2 nitrogen and oxygen atoms in total.